The fourth-order valence-corrected chi connectivity index (χ4v) is 2.32. The lowest BCUT2D eigenvalue weighted by Gasteiger charge is -2.15. The van der Waals surface area contributed by atoms with Gasteiger partial charge in [-0.05, 0) is 30.9 Å². The Hall–Kier alpha value is -0.860. The van der Waals surface area contributed by atoms with Gasteiger partial charge < -0.3 is 5.11 Å². The van der Waals surface area contributed by atoms with Crippen molar-refractivity contribution in [1.82, 2.24) is 4.90 Å². The number of hydrogen-bond donors (Lipinski definition) is 1. The van der Waals surface area contributed by atoms with Crippen LogP contribution in [0.3, 0.4) is 0 Å². The molecular weight excluding hydrogens is 186 g/mol. The molecule has 1 aromatic carbocycles. The van der Waals surface area contributed by atoms with E-state index in [2.05, 4.69) is 35.2 Å². The predicted octanol–water partition coefficient (Wildman–Crippen LogP) is 1.89. The van der Waals surface area contributed by atoms with Gasteiger partial charge in [-0.1, -0.05) is 30.3 Å². The molecule has 0 saturated carbocycles. The molecule has 0 spiro atoms. The van der Waals surface area contributed by atoms with Crippen LogP contribution in [0, 0.1) is 5.92 Å². The summed E-state index contributed by atoms with van der Waals surface area (Å²) in [5.74, 6) is 0.707. The Morgan fingerprint density at radius 1 is 1.27 bits per heavy atom. The van der Waals surface area contributed by atoms with Crippen molar-refractivity contribution in [3.05, 3.63) is 35.9 Å². The van der Waals surface area contributed by atoms with Crippen LogP contribution in [0.15, 0.2) is 30.3 Å². The molecule has 1 aliphatic heterocycles. The second-order valence-electron chi connectivity index (χ2n) is 4.39. The van der Waals surface area contributed by atoms with Crippen molar-refractivity contribution in [3.63, 3.8) is 0 Å². The van der Waals surface area contributed by atoms with Crippen LogP contribution in [0.2, 0.25) is 0 Å². The van der Waals surface area contributed by atoms with Crippen molar-refractivity contribution in [2.75, 3.05) is 19.7 Å². The minimum absolute atomic E-state index is 0.337. The smallest absolute Gasteiger partial charge is 0.0434 e. The molecule has 1 aliphatic rings. The first-order valence-corrected chi connectivity index (χ1v) is 5.75. The van der Waals surface area contributed by atoms with Crippen molar-refractivity contribution < 1.29 is 5.11 Å². The van der Waals surface area contributed by atoms with Crippen molar-refractivity contribution in [3.8, 4) is 0 Å². The second kappa shape index (κ2) is 5.29. The maximum absolute atomic E-state index is 8.88. The lowest BCUT2D eigenvalue weighted by atomic mass is 10.1. The van der Waals surface area contributed by atoms with E-state index in [0.717, 1.165) is 19.5 Å². The van der Waals surface area contributed by atoms with Gasteiger partial charge in [-0.3, -0.25) is 4.90 Å². The summed E-state index contributed by atoms with van der Waals surface area (Å²) in [6, 6.07) is 10.6. The zero-order valence-corrected chi connectivity index (χ0v) is 9.10. The summed E-state index contributed by atoms with van der Waals surface area (Å²) in [5, 5.41) is 8.88. The van der Waals surface area contributed by atoms with E-state index >= 15 is 0 Å². The van der Waals surface area contributed by atoms with Crippen LogP contribution < -0.4 is 0 Å². The number of aliphatic hydroxyl groups excluding tert-OH is 1. The molecule has 1 N–H and O–H groups in total. The molecule has 0 aliphatic carbocycles. The minimum atomic E-state index is 0.337. The normalized spacial score (nSPS) is 22.1. The quantitative estimate of drug-likeness (QED) is 0.811. The van der Waals surface area contributed by atoms with Gasteiger partial charge in [0.1, 0.15) is 0 Å². The summed E-state index contributed by atoms with van der Waals surface area (Å²) >= 11 is 0. The highest BCUT2D eigenvalue weighted by molar-refractivity contribution is 5.14. The number of hydrogen-bond acceptors (Lipinski definition) is 2. The maximum atomic E-state index is 8.88. The van der Waals surface area contributed by atoms with E-state index in [4.69, 9.17) is 5.11 Å². The molecule has 1 heterocycles. The van der Waals surface area contributed by atoms with Crippen LogP contribution in [0.5, 0.6) is 0 Å². The van der Waals surface area contributed by atoms with Gasteiger partial charge in [-0.15, -0.1) is 0 Å². The number of rotatable bonds is 4. The second-order valence-corrected chi connectivity index (χ2v) is 4.39. The third kappa shape index (κ3) is 3.05. The minimum Gasteiger partial charge on any atom is -0.396 e. The van der Waals surface area contributed by atoms with Crippen molar-refractivity contribution in [1.29, 1.82) is 0 Å². The van der Waals surface area contributed by atoms with Gasteiger partial charge in [0.25, 0.3) is 0 Å². The Morgan fingerprint density at radius 3 is 2.80 bits per heavy atom. The fraction of sp³-hybridized carbons (Fsp3) is 0.538. The number of nitrogens with zero attached hydrogens (tertiary/aromatic N) is 1. The molecule has 0 amide bonds. The van der Waals surface area contributed by atoms with Crippen LogP contribution in [0.4, 0.5) is 0 Å². The summed E-state index contributed by atoms with van der Waals surface area (Å²) in [7, 11) is 0. The molecule has 0 radical (unpaired) electrons. The SMILES string of the molecule is OCC[C@H]1CCN(Cc2ccccc2)C1. The Balaban J connectivity index is 1.82. The average Bonchev–Trinajstić information content (AvgIpc) is 2.68. The standard InChI is InChI=1S/C13H19NO/c15-9-7-13-6-8-14(11-13)10-12-4-2-1-3-5-12/h1-5,13,15H,6-11H2/t13-/m1/s1. The van der Waals surface area contributed by atoms with Crippen LogP contribution >= 0.6 is 0 Å². The highest BCUT2D eigenvalue weighted by Crippen LogP contribution is 2.20. The van der Waals surface area contributed by atoms with Crippen molar-refractivity contribution in [2.24, 2.45) is 5.92 Å². The van der Waals surface area contributed by atoms with E-state index in [1.165, 1.54) is 18.5 Å². The highest BCUT2D eigenvalue weighted by Gasteiger charge is 2.21. The fourth-order valence-electron chi connectivity index (χ4n) is 2.32. The molecule has 1 saturated heterocycles. The third-order valence-corrected chi connectivity index (χ3v) is 3.16. The van der Waals surface area contributed by atoms with Crippen molar-refractivity contribution >= 4 is 0 Å². The molecule has 2 rings (SSSR count). The largest absolute Gasteiger partial charge is 0.396 e. The van der Waals surface area contributed by atoms with E-state index in [0.29, 0.717) is 12.5 Å². The van der Waals surface area contributed by atoms with E-state index in [1.807, 2.05) is 0 Å². The Kier molecular flexibility index (Phi) is 3.75. The van der Waals surface area contributed by atoms with Crippen LogP contribution in [-0.4, -0.2) is 29.7 Å². The van der Waals surface area contributed by atoms with Crippen molar-refractivity contribution in [2.45, 2.75) is 19.4 Å². The van der Waals surface area contributed by atoms with Crippen LogP contribution in [0.1, 0.15) is 18.4 Å². The first kappa shape index (κ1) is 10.7. The molecular formula is C13H19NO. The molecule has 1 aromatic rings. The summed E-state index contributed by atoms with van der Waals surface area (Å²) in [4.78, 5) is 2.48. The van der Waals surface area contributed by atoms with Gasteiger partial charge in [-0.25, -0.2) is 0 Å². The molecule has 0 bridgehead atoms. The van der Waals surface area contributed by atoms with Crippen LogP contribution in [-0.2, 0) is 6.54 Å². The van der Waals surface area contributed by atoms with E-state index in [1.54, 1.807) is 0 Å². The van der Waals surface area contributed by atoms with Crippen LogP contribution in [0.25, 0.3) is 0 Å². The molecule has 82 valence electrons. The molecule has 1 fully saturated rings. The Labute approximate surface area is 91.5 Å². The maximum Gasteiger partial charge on any atom is 0.0434 e. The average molecular weight is 205 g/mol. The van der Waals surface area contributed by atoms with Gasteiger partial charge in [0, 0.05) is 19.7 Å². The van der Waals surface area contributed by atoms with Gasteiger partial charge in [-0.2, -0.15) is 0 Å². The summed E-state index contributed by atoms with van der Waals surface area (Å²) in [5.41, 5.74) is 1.39. The van der Waals surface area contributed by atoms with E-state index in [-0.39, 0.29) is 0 Å². The van der Waals surface area contributed by atoms with Gasteiger partial charge >= 0.3 is 0 Å². The summed E-state index contributed by atoms with van der Waals surface area (Å²) in [6.45, 7) is 3.72. The number of aliphatic hydroxyl groups is 1. The lowest BCUT2D eigenvalue weighted by molar-refractivity contribution is 0.249. The monoisotopic (exact) mass is 205 g/mol. The zero-order valence-electron chi connectivity index (χ0n) is 9.10. The topological polar surface area (TPSA) is 23.5 Å². The summed E-state index contributed by atoms with van der Waals surface area (Å²) < 4.78 is 0. The Bertz CT molecular complexity index is 286. The Morgan fingerprint density at radius 2 is 2.07 bits per heavy atom. The van der Waals surface area contributed by atoms with Gasteiger partial charge in [0.05, 0.1) is 0 Å². The number of likely N-dealkylation sites (tertiary alicyclic amines) is 1. The van der Waals surface area contributed by atoms with E-state index in [9.17, 15) is 0 Å². The zero-order chi connectivity index (χ0) is 10.5. The predicted molar refractivity (Wildman–Crippen MR) is 61.5 cm³/mol. The van der Waals surface area contributed by atoms with Gasteiger partial charge in [0.15, 0.2) is 0 Å². The first-order valence-electron chi connectivity index (χ1n) is 5.75. The molecule has 2 nitrogen and oxygen atoms in total. The summed E-state index contributed by atoms with van der Waals surface area (Å²) in [6.07, 6.45) is 2.21. The molecule has 15 heavy (non-hydrogen) atoms. The molecule has 2 heteroatoms. The highest BCUT2D eigenvalue weighted by atomic mass is 16.3. The molecule has 1 atom stereocenters. The molecule has 0 aromatic heterocycles. The number of benzene rings is 1. The third-order valence-electron chi connectivity index (χ3n) is 3.16. The van der Waals surface area contributed by atoms with E-state index < -0.39 is 0 Å². The first-order chi connectivity index (χ1) is 7.38. The molecule has 0 unspecified atom stereocenters. The van der Waals surface area contributed by atoms with Gasteiger partial charge in [0.2, 0.25) is 0 Å². The lowest BCUT2D eigenvalue weighted by Crippen LogP contribution is -2.20.